The second kappa shape index (κ2) is 6.10. The number of hydroxylamine groups is 2. The lowest BCUT2D eigenvalue weighted by atomic mass is 10.4. The van der Waals surface area contributed by atoms with E-state index in [9.17, 15) is 9.36 Å². The molecule has 1 amide bonds. The molecule has 0 aromatic rings. The molecule has 0 aliphatic carbocycles. The standard InChI is InChI=1S/C6H14NO6P/c1-13-5-6(8)7(9)3-2-4-14(10,11)12/h9H,2-5H2,1H3,(H2,10,11,12). The molecule has 14 heavy (non-hydrogen) atoms. The summed E-state index contributed by atoms with van der Waals surface area (Å²) in [6.07, 6.45) is -0.319. The van der Waals surface area contributed by atoms with E-state index in [0.29, 0.717) is 5.06 Å². The first kappa shape index (κ1) is 13.5. The Kier molecular flexibility index (Phi) is 5.90. The summed E-state index contributed by atoms with van der Waals surface area (Å²) in [6.45, 7) is -0.375. The van der Waals surface area contributed by atoms with Gasteiger partial charge in [0, 0.05) is 13.7 Å². The quantitative estimate of drug-likeness (QED) is 0.318. The van der Waals surface area contributed by atoms with Crippen LogP contribution in [0.2, 0.25) is 0 Å². The van der Waals surface area contributed by atoms with Crippen LogP contribution in [0.25, 0.3) is 0 Å². The maximum atomic E-state index is 10.9. The summed E-state index contributed by atoms with van der Waals surface area (Å²) in [4.78, 5) is 27.8. The highest BCUT2D eigenvalue weighted by Gasteiger charge is 2.15. The summed E-state index contributed by atoms with van der Waals surface area (Å²) in [6, 6.07) is 0. The van der Waals surface area contributed by atoms with E-state index < -0.39 is 13.5 Å². The lowest BCUT2D eigenvalue weighted by Gasteiger charge is -2.14. The zero-order valence-electron chi connectivity index (χ0n) is 7.79. The van der Waals surface area contributed by atoms with Gasteiger partial charge in [0.05, 0.1) is 6.16 Å². The fourth-order valence-electron chi connectivity index (χ4n) is 0.749. The van der Waals surface area contributed by atoms with E-state index >= 15 is 0 Å². The molecule has 0 unspecified atom stereocenters. The Labute approximate surface area is 81.4 Å². The summed E-state index contributed by atoms with van der Waals surface area (Å²) in [5, 5.41) is 9.38. The van der Waals surface area contributed by atoms with Crippen molar-refractivity contribution in [3.8, 4) is 0 Å². The van der Waals surface area contributed by atoms with Gasteiger partial charge in [-0.05, 0) is 6.42 Å². The number of amides is 1. The number of carbonyl (C=O) groups excluding carboxylic acids is 1. The van der Waals surface area contributed by atoms with Gasteiger partial charge in [-0.3, -0.25) is 14.6 Å². The molecular formula is C6H14NO6P. The lowest BCUT2D eigenvalue weighted by molar-refractivity contribution is -0.169. The third kappa shape index (κ3) is 6.99. The maximum absolute atomic E-state index is 10.9. The van der Waals surface area contributed by atoms with E-state index in [-0.39, 0.29) is 25.7 Å². The van der Waals surface area contributed by atoms with E-state index in [1.54, 1.807) is 0 Å². The van der Waals surface area contributed by atoms with Crippen molar-refractivity contribution in [3.05, 3.63) is 0 Å². The molecule has 0 aromatic heterocycles. The first-order chi connectivity index (χ1) is 6.37. The Balaban J connectivity index is 3.69. The van der Waals surface area contributed by atoms with Crippen LogP contribution in [-0.2, 0) is 14.1 Å². The van der Waals surface area contributed by atoms with Crippen LogP contribution < -0.4 is 0 Å². The van der Waals surface area contributed by atoms with E-state index in [4.69, 9.17) is 15.0 Å². The highest BCUT2D eigenvalue weighted by molar-refractivity contribution is 7.51. The molecule has 84 valence electrons. The van der Waals surface area contributed by atoms with Crippen LogP contribution in [0.3, 0.4) is 0 Å². The topological polar surface area (TPSA) is 107 Å². The largest absolute Gasteiger partial charge is 0.375 e. The van der Waals surface area contributed by atoms with Crippen molar-refractivity contribution in [3.63, 3.8) is 0 Å². The van der Waals surface area contributed by atoms with Gasteiger partial charge in [-0.1, -0.05) is 0 Å². The van der Waals surface area contributed by atoms with Crippen molar-refractivity contribution in [2.45, 2.75) is 6.42 Å². The van der Waals surface area contributed by atoms with Crippen molar-refractivity contribution in [2.75, 3.05) is 26.4 Å². The van der Waals surface area contributed by atoms with Crippen LogP contribution in [0.5, 0.6) is 0 Å². The molecule has 0 atom stereocenters. The second-order valence-electron chi connectivity index (χ2n) is 2.69. The molecule has 0 radical (unpaired) electrons. The Hall–Kier alpha value is -0.460. The van der Waals surface area contributed by atoms with Crippen molar-refractivity contribution in [1.29, 1.82) is 0 Å². The number of methoxy groups -OCH3 is 1. The molecule has 8 heteroatoms. The summed E-state index contributed by atoms with van der Waals surface area (Å²) in [5.41, 5.74) is 0. The van der Waals surface area contributed by atoms with Crippen LogP contribution in [0, 0.1) is 0 Å². The normalized spacial score (nSPS) is 11.4. The molecule has 7 nitrogen and oxygen atoms in total. The monoisotopic (exact) mass is 227 g/mol. The van der Waals surface area contributed by atoms with E-state index in [2.05, 4.69) is 4.74 Å². The molecule has 0 aliphatic rings. The van der Waals surface area contributed by atoms with E-state index in [0.717, 1.165) is 0 Å². The maximum Gasteiger partial charge on any atom is 0.325 e. The third-order valence-corrected chi connectivity index (χ3v) is 2.27. The first-order valence-corrected chi connectivity index (χ1v) is 5.69. The second-order valence-corrected chi connectivity index (χ2v) is 4.47. The van der Waals surface area contributed by atoms with Crippen molar-refractivity contribution in [2.24, 2.45) is 0 Å². The van der Waals surface area contributed by atoms with Gasteiger partial charge in [0.1, 0.15) is 6.61 Å². The predicted octanol–water partition coefficient (Wildman–Crippen LogP) is -0.582. The van der Waals surface area contributed by atoms with E-state index in [1.807, 2.05) is 0 Å². The molecule has 0 aromatic carbocycles. The number of ether oxygens (including phenoxy) is 1. The van der Waals surface area contributed by atoms with Gasteiger partial charge in [0.25, 0.3) is 5.91 Å². The van der Waals surface area contributed by atoms with Gasteiger partial charge in [-0.15, -0.1) is 0 Å². The molecular weight excluding hydrogens is 213 g/mol. The number of hydrogen-bond donors (Lipinski definition) is 3. The molecule has 0 fully saturated rings. The third-order valence-electron chi connectivity index (χ3n) is 1.38. The molecule has 0 saturated heterocycles. The Morgan fingerprint density at radius 1 is 1.50 bits per heavy atom. The van der Waals surface area contributed by atoms with Gasteiger partial charge in [0.15, 0.2) is 0 Å². The molecule has 0 aliphatic heterocycles. The van der Waals surface area contributed by atoms with Crippen LogP contribution in [0.15, 0.2) is 0 Å². The molecule has 0 bridgehead atoms. The fourth-order valence-corrected chi connectivity index (χ4v) is 1.30. The van der Waals surface area contributed by atoms with E-state index in [1.165, 1.54) is 7.11 Å². The highest BCUT2D eigenvalue weighted by atomic mass is 31.2. The summed E-state index contributed by atoms with van der Waals surface area (Å²) >= 11 is 0. The number of nitrogens with zero attached hydrogens (tertiary/aromatic N) is 1. The van der Waals surface area contributed by atoms with Crippen LogP contribution in [-0.4, -0.2) is 52.4 Å². The number of hydrogen-bond acceptors (Lipinski definition) is 4. The number of carbonyl (C=O) groups is 1. The van der Waals surface area contributed by atoms with Crippen LogP contribution in [0.4, 0.5) is 0 Å². The molecule has 0 spiro atoms. The Bertz CT molecular complexity index is 226. The number of rotatable bonds is 6. The SMILES string of the molecule is COCC(=O)N(O)CCCP(=O)(O)O. The minimum atomic E-state index is -4.05. The minimum absolute atomic E-state index is 0.0379. The first-order valence-electron chi connectivity index (χ1n) is 3.89. The Morgan fingerprint density at radius 3 is 2.50 bits per heavy atom. The van der Waals surface area contributed by atoms with Crippen LogP contribution >= 0.6 is 7.60 Å². The average molecular weight is 227 g/mol. The minimum Gasteiger partial charge on any atom is -0.375 e. The zero-order chi connectivity index (χ0) is 11.2. The molecule has 3 N–H and O–H groups in total. The predicted molar refractivity (Wildman–Crippen MR) is 46.9 cm³/mol. The summed E-state index contributed by atoms with van der Waals surface area (Å²) in [5.74, 6) is -0.641. The van der Waals surface area contributed by atoms with Gasteiger partial charge in [0.2, 0.25) is 0 Å². The zero-order valence-corrected chi connectivity index (χ0v) is 8.68. The highest BCUT2D eigenvalue weighted by Crippen LogP contribution is 2.34. The average Bonchev–Trinajstić information content (AvgIpc) is 2.02. The molecule has 0 rings (SSSR count). The van der Waals surface area contributed by atoms with Crippen LogP contribution in [0.1, 0.15) is 6.42 Å². The Morgan fingerprint density at radius 2 is 2.07 bits per heavy atom. The van der Waals surface area contributed by atoms with Gasteiger partial charge >= 0.3 is 7.60 Å². The van der Waals surface area contributed by atoms with Crippen molar-refractivity contribution in [1.82, 2.24) is 5.06 Å². The molecule has 0 saturated carbocycles. The smallest absolute Gasteiger partial charge is 0.325 e. The molecule has 0 heterocycles. The van der Waals surface area contributed by atoms with Gasteiger partial charge in [-0.2, -0.15) is 0 Å². The summed E-state index contributed by atoms with van der Waals surface area (Å²) < 4.78 is 14.9. The van der Waals surface area contributed by atoms with Crippen molar-refractivity contribution < 1.29 is 29.1 Å². The van der Waals surface area contributed by atoms with Crippen molar-refractivity contribution >= 4 is 13.5 Å². The summed E-state index contributed by atoms with van der Waals surface area (Å²) in [7, 11) is -2.74. The lowest BCUT2D eigenvalue weighted by Crippen LogP contribution is -2.31. The fraction of sp³-hybridized carbons (Fsp3) is 0.833. The van der Waals surface area contributed by atoms with Gasteiger partial charge in [-0.25, -0.2) is 5.06 Å². The van der Waals surface area contributed by atoms with Gasteiger partial charge < -0.3 is 14.5 Å².